The molecule has 0 atom stereocenters. The number of nitrogens with zero attached hydrogens (tertiary/aromatic N) is 1. The number of hydrogen-bond acceptors (Lipinski definition) is 2. The molecule has 0 bridgehead atoms. The van der Waals surface area contributed by atoms with Gasteiger partial charge in [0.2, 0.25) is 0 Å². The van der Waals surface area contributed by atoms with Crippen molar-refractivity contribution in [3.05, 3.63) is 54.2 Å². The van der Waals surface area contributed by atoms with E-state index in [1.54, 1.807) is 6.20 Å². The van der Waals surface area contributed by atoms with Crippen molar-refractivity contribution < 1.29 is 0 Å². The fraction of sp³-hybridized carbons (Fsp3) is 0.214. The van der Waals surface area contributed by atoms with Gasteiger partial charge >= 0.3 is 0 Å². The molecule has 82 valence electrons. The second-order valence-corrected chi connectivity index (χ2v) is 4.08. The molecule has 0 saturated heterocycles. The van der Waals surface area contributed by atoms with E-state index >= 15 is 0 Å². The molecule has 0 saturated carbocycles. The Kier molecular flexibility index (Phi) is 3.20. The van der Waals surface area contributed by atoms with Gasteiger partial charge in [-0.05, 0) is 29.7 Å². The van der Waals surface area contributed by atoms with Gasteiger partial charge in [0.05, 0.1) is 0 Å². The number of rotatable bonds is 3. The van der Waals surface area contributed by atoms with Gasteiger partial charge in [0, 0.05) is 11.9 Å². The number of nitrogens with one attached hydrogen (secondary N) is 1. The van der Waals surface area contributed by atoms with E-state index in [9.17, 15) is 0 Å². The van der Waals surface area contributed by atoms with Crippen molar-refractivity contribution in [2.24, 2.45) is 0 Å². The van der Waals surface area contributed by atoms with Crippen LogP contribution in [0.4, 0.5) is 11.5 Å². The average Bonchev–Trinajstić information content (AvgIpc) is 2.31. The zero-order valence-electron chi connectivity index (χ0n) is 9.64. The third-order valence-electron chi connectivity index (χ3n) is 2.51. The van der Waals surface area contributed by atoms with Gasteiger partial charge in [0.15, 0.2) is 0 Å². The van der Waals surface area contributed by atoms with Crippen LogP contribution >= 0.6 is 0 Å². The van der Waals surface area contributed by atoms with E-state index in [0.29, 0.717) is 5.92 Å². The van der Waals surface area contributed by atoms with Gasteiger partial charge in [-0.25, -0.2) is 4.98 Å². The maximum atomic E-state index is 4.26. The highest BCUT2D eigenvalue weighted by molar-refractivity contribution is 5.61. The Morgan fingerprint density at radius 1 is 1.00 bits per heavy atom. The Morgan fingerprint density at radius 2 is 1.75 bits per heavy atom. The van der Waals surface area contributed by atoms with Crippen molar-refractivity contribution in [2.45, 2.75) is 19.8 Å². The van der Waals surface area contributed by atoms with E-state index in [1.165, 1.54) is 5.56 Å². The highest BCUT2D eigenvalue weighted by Crippen LogP contribution is 2.25. The second-order valence-electron chi connectivity index (χ2n) is 4.08. The van der Waals surface area contributed by atoms with Crippen molar-refractivity contribution in [1.82, 2.24) is 4.98 Å². The summed E-state index contributed by atoms with van der Waals surface area (Å²) < 4.78 is 0. The molecular weight excluding hydrogens is 196 g/mol. The van der Waals surface area contributed by atoms with Crippen LogP contribution in [0.2, 0.25) is 0 Å². The number of benzene rings is 1. The molecule has 0 aliphatic heterocycles. The third-order valence-corrected chi connectivity index (χ3v) is 2.51. The van der Waals surface area contributed by atoms with Crippen molar-refractivity contribution in [3.63, 3.8) is 0 Å². The Morgan fingerprint density at radius 3 is 2.44 bits per heavy atom. The molecule has 1 N–H and O–H groups in total. The number of pyridine rings is 1. The zero-order chi connectivity index (χ0) is 11.4. The minimum absolute atomic E-state index is 0.507. The maximum Gasteiger partial charge on any atom is 0.130 e. The van der Waals surface area contributed by atoms with Gasteiger partial charge < -0.3 is 5.32 Å². The van der Waals surface area contributed by atoms with E-state index in [-0.39, 0.29) is 0 Å². The molecule has 1 aromatic carbocycles. The summed E-state index contributed by atoms with van der Waals surface area (Å²) in [6.45, 7) is 4.39. The molecular formula is C14H16N2. The van der Waals surface area contributed by atoms with Crippen LogP contribution in [0.5, 0.6) is 0 Å². The van der Waals surface area contributed by atoms with Gasteiger partial charge in [-0.1, -0.05) is 38.1 Å². The molecule has 0 spiro atoms. The molecule has 2 rings (SSSR count). The van der Waals surface area contributed by atoms with Crippen molar-refractivity contribution in [3.8, 4) is 0 Å². The summed E-state index contributed by atoms with van der Waals surface area (Å²) in [5, 5.41) is 3.34. The third kappa shape index (κ3) is 2.40. The molecule has 16 heavy (non-hydrogen) atoms. The van der Waals surface area contributed by atoms with Crippen molar-refractivity contribution in [2.75, 3.05) is 5.32 Å². The predicted octanol–water partition coefficient (Wildman–Crippen LogP) is 3.95. The number of aromatic nitrogens is 1. The summed E-state index contributed by atoms with van der Waals surface area (Å²) in [4.78, 5) is 4.26. The van der Waals surface area contributed by atoms with E-state index in [1.807, 2.05) is 24.3 Å². The lowest BCUT2D eigenvalue weighted by Crippen LogP contribution is -1.98. The molecule has 0 unspecified atom stereocenters. The van der Waals surface area contributed by atoms with E-state index in [2.05, 4.69) is 42.3 Å². The monoisotopic (exact) mass is 212 g/mol. The lowest BCUT2D eigenvalue weighted by Gasteiger charge is -2.13. The van der Waals surface area contributed by atoms with Gasteiger partial charge in [-0.2, -0.15) is 0 Å². The highest BCUT2D eigenvalue weighted by atomic mass is 15.0. The molecule has 0 radical (unpaired) electrons. The fourth-order valence-corrected chi connectivity index (χ4v) is 1.69. The average molecular weight is 212 g/mol. The van der Waals surface area contributed by atoms with Crippen LogP contribution in [-0.4, -0.2) is 4.98 Å². The van der Waals surface area contributed by atoms with Crippen LogP contribution < -0.4 is 5.32 Å². The Balaban J connectivity index is 2.28. The number of anilines is 2. The normalized spacial score (nSPS) is 10.4. The second kappa shape index (κ2) is 4.79. The first kappa shape index (κ1) is 10.7. The molecule has 0 aliphatic rings. The molecule has 2 nitrogen and oxygen atoms in total. The van der Waals surface area contributed by atoms with Crippen LogP contribution in [-0.2, 0) is 0 Å². The largest absolute Gasteiger partial charge is 0.340 e. The summed E-state index contributed by atoms with van der Waals surface area (Å²) in [7, 11) is 0. The maximum absolute atomic E-state index is 4.26. The van der Waals surface area contributed by atoms with E-state index in [4.69, 9.17) is 0 Å². The first-order valence-electron chi connectivity index (χ1n) is 5.54. The Labute approximate surface area is 96.4 Å². The molecule has 1 aromatic heterocycles. The Hall–Kier alpha value is -1.83. The van der Waals surface area contributed by atoms with E-state index in [0.717, 1.165) is 11.5 Å². The van der Waals surface area contributed by atoms with Crippen LogP contribution in [0.3, 0.4) is 0 Å². The van der Waals surface area contributed by atoms with E-state index < -0.39 is 0 Å². The van der Waals surface area contributed by atoms with Crippen molar-refractivity contribution in [1.29, 1.82) is 0 Å². The Bertz CT molecular complexity index is 449. The minimum Gasteiger partial charge on any atom is -0.340 e. The van der Waals surface area contributed by atoms with Gasteiger partial charge in [0.1, 0.15) is 5.82 Å². The summed E-state index contributed by atoms with van der Waals surface area (Å²) in [6, 6.07) is 14.2. The molecule has 2 heteroatoms. The first-order chi connectivity index (χ1) is 7.77. The smallest absolute Gasteiger partial charge is 0.130 e. The highest BCUT2D eigenvalue weighted by Gasteiger charge is 2.05. The molecule has 1 heterocycles. The quantitative estimate of drug-likeness (QED) is 0.833. The molecule has 2 aromatic rings. The zero-order valence-corrected chi connectivity index (χ0v) is 9.64. The number of hydrogen-bond donors (Lipinski definition) is 1. The molecule has 0 amide bonds. The van der Waals surface area contributed by atoms with Crippen LogP contribution in [0.1, 0.15) is 25.3 Å². The topological polar surface area (TPSA) is 24.9 Å². The standard InChI is InChI=1S/C14H16N2/c1-11(2)12-7-3-4-8-13(12)16-14-9-5-6-10-15-14/h3-11H,1-2H3,(H,15,16). The van der Waals surface area contributed by atoms with Gasteiger partial charge in [-0.3, -0.25) is 0 Å². The summed E-state index contributed by atoms with van der Waals surface area (Å²) in [6.07, 6.45) is 1.79. The van der Waals surface area contributed by atoms with Crippen LogP contribution in [0.15, 0.2) is 48.7 Å². The summed E-state index contributed by atoms with van der Waals surface area (Å²) in [5.41, 5.74) is 2.45. The van der Waals surface area contributed by atoms with Crippen LogP contribution in [0, 0.1) is 0 Å². The number of para-hydroxylation sites is 1. The van der Waals surface area contributed by atoms with Crippen molar-refractivity contribution >= 4 is 11.5 Å². The van der Waals surface area contributed by atoms with Crippen LogP contribution in [0.25, 0.3) is 0 Å². The molecule has 0 fully saturated rings. The minimum atomic E-state index is 0.507. The lowest BCUT2D eigenvalue weighted by molar-refractivity contribution is 0.869. The summed E-state index contributed by atoms with van der Waals surface area (Å²) >= 11 is 0. The molecule has 0 aliphatic carbocycles. The van der Waals surface area contributed by atoms with Gasteiger partial charge in [0.25, 0.3) is 0 Å². The van der Waals surface area contributed by atoms with Gasteiger partial charge in [-0.15, -0.1) is 0 Å². The predicted molar refractivity (Wildman–Crippen MR) is 68.1 cm³/mol. The lowest BCUT2D eigenvalue weighted by atomic mass is 10.0. The SMILES string of the molecule is CC(C)c1ccccc1Nc1ccccn1. The first-order valence-corrected chi connectivity index (χ1v) is 5.54. The summed E-state index contributed by atoms with van der Waals surface area (Å²) in [5.74, 6) is 1.39. The fourth-order valence-electron chi connectivity index (χ4n) is 1.69.